The lowest BCUT2D eigenvalue weighted by Crippen LogP contribution is -2.50. The number of benzene rings is 2. The van der Waals surface area contributed by atoms with Crippen LogP contribution < -0.4 is 20.5 Å². The standard InChI is InChI=1S/C22H24Cl2N4O3/c1-11-6-14(25)16(10-31-11)28-22-26-9-13-7-12(4-5-15(13)27-22)19-20(23)17(29-2)8-18(30-3)21(19)24/h4-5,7-9,11,14,16H,6,10,25H2,1-3H3,(H,26,27,28)/t11-,14-,16+/m0/s1. The summed E-state index contributed by atoms with van der Waals surface area (Å²) < 4.78 is 16.4. The van der Waals surface area contributed by atoms with Gasteiger partial charge in [0.05, 0.1) is 48.5 Å². The number of ether oxygens (including phenoxy) is 3. The van der Waals surface area contributed by atoms with Gasteiger partial charge in [0.25, 0.3) is 0 Å². The molecule has 1 aromatic heterocycles. The van der Waals surface area contributed by atoms with Gasteiger partial charge in [0.2, 0.25) is 5.95 Å². The molecule has 3 aromatic rings. The van der Waals surface area contributed by atoms with Crippen molar-refractivity contribution >= 4 is 40.1 Å². The summed E-state index contributed by atoms with van der Waals surface area (Å²) in [6, 6.07) is 7.35. The average molecular weight is 463 g/mol. The quantitative estimate of drug-likeness (QED) is 0.574. The van der Waals surface area contributed by atoms with Gasteiger partial charge < -0.3 is 25.3 Å². The molecule has 31 heavy (non-hydrogen) atoms. The molecule has 0 aliphatic carbocycles. The van der Waals surface area contributed by atoms with Crippen LogP contribution in [0.4, 0.5) is 5.95 Å². The summed E-state index contributed by atoms with van der Waals surface area (Å²) in [5.41, 5.74) is 8.46. The lowest BCUT2D eigenvalue weighted by atomic mass is 10.0. The summed E-state index contributed by atoms with van der Waals surface area (Å²) in [6.45, 7) is 2.55. The van der Waals surface area contributed by atoms with E-state index in [2.05, 4.69) is 15.3 Å². The third-order valence-corrected chi connectivity index (χ3v) is 6.19. The van der Waals surface area contributed by atoms with Crippen LogP contribution in [0, 0.1) is 0 Å². The molecule has 3 atom stereocenters. The topological polar surface area (TPSA) is 91.5 Å². The van der Waals surface area contributed by atoms with Gasteiger partial charge in [-0.1, -0.05) is 29.3 Å². The average Bonchev–Trinajstić information content (AvgIpc) is 2.76. The van der Waals surface area contributed by atoms with Crippen molar-refractivity contribution in [3.63, 3.8) is 0 Å². The third-order valence-electron chi connectivity index (χ3n) is 5.44. The highest BCUT2D eigenvalue weighted by atomic mass is 35.5. The summed E-state index contributed by atoms with van der Waals surface area (Å²) in [4.78, 5) is 9.07. The fourth-order valence-electron chi connectivity index (χ4n) is 3.72. The molecule has 1 fully saturated rings. The number of nitrogens with two attached hydrogens (primary N) is 1. The minimum atomic E-state index is -0.0326. The molecule has 3 N–H and O–H groups in total. The van der Waals surface area contributed by atoms with E-state index in [1.54, 1.807) is 26.5 Å². The van der Waals surface area contributed by atoms with Crippen molar-refractivity contribution in [2.45, 2.75) is 31.5 Å². The normalized spacial score (nSPS) is 21.2. The number of hydrogen-bond donors (Lipinski definition) is 2. The van der Waals surface area contributed by atoms with Crippen LogP contribution in [0.25, 0.3) is 22.0 Å². The van der Waals surface area contributed by atoms with Crippen LogP contribution in [-0.4, -0.2) is 49.0 Å². The molecule has 1 aliphatic heterocycles. The van der Waals surface area contributed by atoms with E-state index in [4.69, 9.17) is 43.1 Å². The Morgan fingerprint density at radius 2 is 1.84 bits per heavy atom. The van der Waals surface area contributed by atoms with Gasteiger partial charge in [0.15, 0.2) is 0 Å². The Kier molecular flexibility index (Phi) is 6.39. The maximum atomic E-state index is 6.56. The van der Waals surface area contributed by atoms with E-state index >= 15 is 0 Å². The molecule has 0 bridgehead atoms. The molecular weight excluding hydrogens is 439 g/mol. The van der Waals surface area contributed by atoms with E-state index in [-0.39, 0.29) is 18.2 Å². The van der Waals surface area contributed by atoms with E-state index < -0.39 is 0 Å². The van der Waals surface area contributed by atoms with Gasteiger partial charge in [-0.25, -0.2) is 9.97 Å². The number of anilines is 1. The zero-order chi connectivity index (χ0) is 22.1. The monoisotopic (exact) mass is 462 g/mol. The highest BCUT2D eigenvalue weighted by molar-refractivity contribution is 6.41. The summed E-state index contributed by atoms with van der Waals surface area (Å²) in [6.07, 6.45) is 2.71. The number of halogens is 2. The number of fused-ring (bicyclic) bond motifs is 1. The lowest BCUT2D eigenvalue weighted by molar-refractivity contribution is 0.0124. The number of nitrogens with zero attached hydrogens (tertiary/aromatic N) is 2. The van der Waals surface area contributed by atoms with E-state index in [1.807, 2.05) is 25.1 Å². The van der Waals surface area contributed by atoms with Gasteiger partial charge in [-0.2, -0.15) is 0 Å². The molecule has 9 heteroatoms. The van der Waals surface area contributed by atoms with E-state index in [0.29, 0.717) is 39.7 Å². The maximum Gasteiger partial charge on any atom is 0.223 e. The molecule has 2 aromatic carbocycles. The molecule has 0 amide bonds. The van der Waals surface area contributed by atoms with Crippen molar-refractivity contribution in [1.82, 2.24) is 9.97 Å². The van der Waals surface area contributed by atoms with Crippen LogP contribution >= 0.6 is 23.2 Å². The molecule has 0 spiro atoms. The molecule has 1 saturated heterocycles. The molecular formula is C22H24Cl2N4O3. The van der Waals surface area contributed by atoms with Gasteiger partial charge in [0.1, 0.15) is 11.5 Å². The number of hydrogen-bond acceptors (Lipinski definition) is 7. The van der Waals surface area contributed by atoms with Gasteiger partial charge >= 0.3 is 0 Å². The van der Waals surface area contributed by atoms with Gasteiger partial charge in [-0.15, -0.1) is 0 Å². The first-order valence-corrected chi connectivity index (χ1v) is 10.7. The third kappa shape index (κ3) is 4.36. The molecule has 164 valence electrons. The Hall–Kier alpha value is -2.32. The maximum absolute atomic E-state index is 6.56. The SMILES string of the molecule is COc1cc(OC)c(Cl)c(-c2ccc3nc(N[C@@H]4CO[C@@H](C)C[C@@H]4N)ncc3c2)c1Cl. The van der Waals surface area contributed by atoms with E-state index in [9.17, 15) is 0 Å². The predicted octanol–water partition coefficient (Wildman–Crippen LogP) is 4.54. The second-order valence-corrected chi connectivity index (χ2v) is 8.30. The Labute approximate surface area is 190 Å². The fourth-order valence-corrected chi connectivity index (χ4v) is 4.44. The Morgan fingerprint density at radius 1 is 1.13 bits per heavy atom. The summed E-state index contributed by atoms with van der Waals surface area (Å²) in [7, 11) is 3.09. The van der Waals surface area contributed by atoms with Crippen molar-refractivity contribution in [2.24, 2.45) is 5.73 Å². The number of aromatic nitrogens is 2. The van der Waals surface area contributed by atoms with Crippen LogP contribution in [0.1, 0.15) is 13.3 Å². The minimum absolute atomic E-state index is 0.0160. The zero-order valence-corrected chi connectivity index (χ0v) is 19.0. The number of methoxy groups -OCH3 is 2. The molecule has 2 heterocycles. The molecule has 1 aliphatic rings. The van der Waals surface area contributed by atoms with E-state index in [1.165, 1.54) is 0 Å². The highest BCUT2D eigenvalue weighted by Gasteiger charge is 2.27. The predicted molar refractivity (Wildman–Crippen MR) is 124 cm³/mol. The van der Waals surface area contributed by atoms with Crippen LogP contribution in [-0.2, 0) is 4.74 Å². The van der Waals surface area contributed by atoms with Crippen LogP contribution in [0.5, 0.6) is 11.5 Å². The van der Waals surface area contributed by atoms with Crippen molar-refractivity contribution in [1.29, 1.82) is 0 Å². The Bertz CT molecular complexity index is 1080. The summed E-state index contributed by atoms with van der Waals surface area (Å²) in [5.74, 6) is 1.47. The largest absolute Gasteiger partial charge is 0.495 e. The first-order chi connectivity index (χ1) is 14.9. The van der Waals surface area contributed by atoms with Crippen molar-refractivity contribution in [2.75, 3.05) is 26.1 Å². The second kappa shape index (κ2) is 9.04. The number of nitrogens with one attached hydrogen (secondary N) is 1. The summed E-state index contributed by atoms with van der Waals surface area (Å²) >= 11 is 13.1. The first kappa shape index (κ1) is 21.9. The van der Waals surface area contributed by atoms with Crippen LogP contribution in [0.15, 0.2) is 30.5 Å². The van der Waals surface area contributed by atoms with Gasteiger partial charge in [-0.05, 0) is 31.0 Å². The van der Waals surface area contributed by atoms with Crippen LogP contribution in [0.3, 0.4) is 0 Å². The molecule has 0 saturated carbocycles. The van der Waals surface area contributed by atoms with Crippen molar-refractivity contribution in [3.8, 4) is 22.6 Å². The van der Waals surface area contributed by atoms with Crippen LogP contribution in [0.2, 0.25) is 10.0 Å². The molecule has 7 nitrogen and oxygen atoms in total. The highest BCUT2D eigenvalue weighted by Crippen LogP contribution is 2.46. The van der Waals surface area contributed by atoms with Gasteiger partial charge in [0, 0.05) is 29.3 Å². The van der Waals surface area contributed by atoms with Crippen molar-refractivity contribution < 1.29 is 14.2 Å². The Balaban J connectivity index is 1.67. The molecule has 0 radical (unpaired) electrons. The van der Waals surface area contributed by atoms with Gasteiger partial charge in [-0.3, -0.25) is 0 Å². The zero-order valence-electron chi connectivity index (χ0n) is 17.5. The van der Waals surface area contributed by atoms with Crippen molar-refractivity contribution in [3.05, 3.63) is 40.5 Å². The molecule has 4 rings (SSSR count). The van der Waals surface area contributed by atoms with E-state index in [0.717, 1.165) is 22.9 Å². The fraction of sp³-hybridized carbons (Fsp3) is 0.364. The smallest absolute Gasteiger partial charge is 0.223 e. The Morgan fingerprint density at radius 3 is 2.48 bits per heavy atom. The summed E-state index contributed by atoms with van der Waals surface area (Å²) in [5, 5.41) is 4.95. The second-order valence-electron chi connectivity index (χ2n) is 7.55. The lowest BCUT2D eigenvalue weighted by Gasteiger charge is -2.33. The number of rotatable bonds is 5. The first-order valence-electron chi connectivity index (χ1n) is 9.92. The molecule has 0 unspecified atom stereocenters. The minimum Gasteiger partial charge on any atom is -0.495 e.